The Morgan fingerprint density at radius 2 is 1.90 bits per heavy atom. The summed E-state index contributed by atoms with van der Waals surface area (Å²) in [6, 6.07) is 0.120. The van der Waals surface area contributed by atoms with Crippen LogP contribution in [0.1, 0.15) is 36.0 Å². The molecule has 1 amide bonds. The normalized spacial score (nSPS) is 23.8. The molecule has 0 spiro atoms. The van der Waals surface area contributed by atoms with Crippen LogP contribution in [-0.4, -0.2) is 55.6 Å². The largest absolute Gasteiger partial charge is 0.434 e. The molecule has 0 N–H and O–H groups in total. The van der Waals surface area contributed by atoms with Crippen LogP contribution in [0.5, 0.6) is 0 Å². The van der Waals surface area contributed by atoms with Crippen molar-refractivity contribution >= 4 is 17.5 Å². The summed E-state index contributed by atoms with van der Waals surface area (Å²) < 4.78 is 67.7. The molecular formula is C18H17ClF5N5O2. The molecule has 0 bridgehead atoms. The van der Waals surface area contributed by atoms with E-state index in [1.807, 2.05) is 0 Å². The number of rotatable bonds is 3. The van der Waals surface area contributed by atoms with Gasteiger partial charge in [0.25, 0.3) is 0 Å². The van der Waals surface area contributed by atoms with Crippen LogP contribution in [0.3, 0.4) is 0 Å². The number of nitrogens with zero attached hydrogens (tertiary/aromatic N) is 5. The standard InChI is InChI=1S/C18H17ClF5N5O2/c19-10-4-9(5-25-15(10)18(22,23)24)6-28-17(31)29-13(2-1-3-14(29)26-28)16(30)27-7-11(20)12(21)8-27/h4-5,11-13H,1-3,6-8H2/t11-,12+,13-/m0/s1. The van der Waals surface area contributed by atoms with E-state index in [2.05, 4.69) is 10.1 Å². The van der Waals surface area contributed by atoms with Gasteiger partial charge < -0.3 is 4.90 Å². The quantitative estimate of drug-likeness (QED) is 0.653. The van der Waals surface area contributed by atoms with E-state index < -0.39 is 46.9 Å². The van der Waals surface area contributed by atoms with E-state index in [0.29, 0.717) is 25.1 Å². The summed E-state index contributed by atoms with van der Waals surface area (Å²) in [4.78, 5) is 30.1. The first-order valence-electron chi connectivity index (χ1n) is 9.53. The van der Waals surface area contributed by atoms with Gasteiger partial charge in [0.2, 0.25) is 5.91 Å². The SMILES string of the molecule is O=C([C@@H]1CCCc2nn(Cc3cnc(C(F)(F)F)c(Cl)c3)c(=O)n21)N1C[C@@H](F)[C@@H](F)C1. The first-order valence-corrected chi connectivity index (χ1v) is 9.91. The number of hydrogen-bond donors (Lipinski definition) is 0. The second kappa shape index (κ2) is 7.88. The van der Waals surface area contributed by atoms with E-state index in [4.69, 9.17) is 11.6 Å². The molecule has 3 atom stereocenters. The van der Waals surface area contributed by atoms with Crippen LogP contribution in [0.2, 0.25) is 5.02 Å². The van der Waals surface area contributed by atoms with E-state index in [1.165, 1.54) is 4.57 Å². The van der Waals surface area contributed by atoms with Crippen molar-refractivity contribution in [2.45, 2.75) is 50.4 Å². The molecule has 0 unspecified atom stereocenters. The number of aryl methyl sites for hydroxylation is 1. The third-order valence-electron chi connectivity index (χ3n) is 5.41. The van der Waals surface area contributed by atoms with Crippen molar-refractivity contribution in [2.24, 2.45) is 0 Å². The summed E-state index contributed by atoms with van der Waals surface area (Å²) in [6.07, 6.45) is -6.00. The maximum Gasteiger partial charge on any atom is 0.434 e. The molecule has 4 heterocycles. The van der Waals surface area contributed by atoms with Crippen molar-refractivity contribution in [2.75, 3.05) is 13.1 Å². The van der Waals surface area contributed by atoms with Gasteiger partial charge in [-0.15, -0.1) is 0 Å². The zero-order valence-electron chi connectivity index (χ0n) is 15.9. The number of carbonyl (C=O) groups is 1. The van der Waals surface area contributed by atoms with E-state index in [-0.39, 0.29) is 25.2 Å². The molecule has 2 aromatic rings. The van der Waals surface area contributed by atoms with Crippen LogP contribution < -0.4 is 5.69 Å². The van der Waals surface area contributed by atoms with Gasteiger partial charge in [0, 0.05) is 12.6 Å². The van der Waals surface area contributed by atoms with Crippen molar-refractivity contribution in [1.29, 1.82) is 0 Å². The average Bonchev–Trinajstić information content (AvgIpc) is 3.19. The molecule has 0 aromatic carbocycles. The number of likely N-dealkylation sites (tertiary alicyclic amines) is 1. The Morgan fingerprint density at radius 1 is 1.23 bits per heavy atom. The van der Waals surface area contributed by atoms with Crippen LogP contribution in [0, 0.1) is 0 Å². The Balaban J connectivity index is 1.60. The number of halogens is 6. The van der Waals surface area contributed by atoms with E-state index in [0.717, 1.165) is 21.8 Å². The van der Waals surface area contributed by atoms with Gasteiger partial charge >= 0.3 is 11.9 Å². The molecule has 7 nitrogen and oxygen atoms in total. The minimum absolute atomic E-state index is 0.201. The summed E-state index contributed by atoms with van der Waals surface area (Å²) in [6.45, 7) is -0.942. The number of hydrogen-bond acceptors (Lipinski definition) is 4. The van der Waals surface area contributed by atoms with Crippen LogP contribution in [0.15, 0.2) is 17.1 Å². The lowest BCUT2D eigenvalue weighted by molar-refractivity contribution is -0.141. The van der Waals surface area contributed by atoms with Crippen LogP contribution >= 0.6 is 11.6 Å². The third kappa shape index (κ3) is 4.04. The fourth-order valence-corrected chi connectivity index (χ4v) is 4.22. The summed E-state index contributed by atoms with van der Waals surface area (Å²) >= 11 is 5.68. The molecule has 1 saturated heterocycles. The number of alkyl halides is 5. The minimum Gasteiger partial charge on any atom is -0.335 e. The summed E-state index contributed by atoms with van der Waals surface area (Å²) in [7, 11) is 0. The average molecular weight is 466 g/mol. The Bertz CT molecular complexity index is 1060. The molecule has 168 valence electrons. The molecular weight excluding hydrogens is 449 g/mol. The second-order valence-corrected chi connectivity index (χ2v) is 7.99. The molecule has 0 aliphatic carbocycles. The molecule has 0 radical (unpaired) electrons. The summed E-state index contributed by atoms with van der Waals surface area (Å²) in [5.41, 5.74) is -1.65. The monoisotopic (exact) mass is 465 g/mol. The number of carbonyl (C=O) groups excluding carboxylic acids is 1. The highest BCUT2D eigenvalue weighted by Gasteiger charge is 2.40. The summed E-state index contributed by atoms with van der Waals surface area (Å²) in [5.74, 6) is -0.224. The Hall–Kier alpha value is -2.50. The fraction of sp³-hybridized carbons (Fsp3) is 0.556. The zero-order valence-corrected chi connectivity index (χ0v) is 16.7. The molecule has 2 aliphatic heterocycles. The maximum atomic E-state index is 13.5. The lowest BCUT2D eigenvalue weighted by Crippen LogP contribution is -2.42. The van der Waals surface area contributed by atoms with E-state index in [9.17, 15) is 31.5 Å². The van der Waals surface area contributed by atoms with Gasteiger partial charge in [-0.25, -0.2) is 23.2 Å². The first-order chi connectivity index (χ1) is 14.6. The Morgan fingerprint density at radius 3 is 2.52 bits per heavy atom. The number of fused-ring (bicyclic) bond motifs is 1. The van der Waals surface area contributed by atoms with E-state index in [1.54, 1.807) is 0 Å². The van der Waals surface area contributed by atoms with Crippen molar-refractivity contribution in [3.63, 3.8) is 0 Å². The predicted octanol–water partition coefficient (Wildman–Crippen LogP) is 2.56. The number of aromatic nitrogens is 4. The smallest absolute Gasteiger partial charge is 0.335 e. The Labute approximate surface area is 177 Å². The van der Waals surface area contributed by atoms with Crippen molar-refractivity contribution in [3.05, 3.63) is 44.9 Å². The minimum atomic E-state index is -4.71. The van der Waals surface area contributed by atoms with Gasteiger partial charge in [0.05, 0.1) is 24.7 Å². The molecule has 2 aliphatic rings. The molecule has 13 heteroatoms. The highest BCUT2D eigenvalue weighted by molar-refractivity contribution is 6.31. The van der Waals surface area contributed by atoms with Crippen molar-refractivity contribution in [1.82, 2.24) is 24.2 Å². The lowest BCUT2D eigenvalue weighted by atomic mass is 10.0. The van der Waals surface area contributed by atoms with E-state index >= 15 is 0 Å². The van der Waals surface area contributed by atoms with Crippen molar-refractivity contribution in [3.8, 4) is 0 Å². The Kier molecular flexibility index (Phi) is 5.52. The third-order valence-corrected chi connectivity index (χ3v) is 5.70. The topological polar surface area (TPSA) is 73.0 Å². The van der Waals surface area contributed by atoms with Crippen LogP contribution in [0.4, 0.5) is 22.0 Å². The fourth-order valence-electron chi connectivity index (χ4n) is 3.93. The highest BCUT2D eigenvalue weighted by Crippen LogP contribution is 2.33. The maximum absolute atomic E-state index is 13.5. The molecule has 0 saturated carbocycles. The lowest BCUT2D eigenvalue weighted by Gasteiger charge is -2.26. The molecule has 4 rings (SSSR count). The zero-order chi connectivity index (χ0) is 22.5. The summed E-state index contributed by atoms with van der Waals surface area (Å²) in [5, 5.41) is 3.58. The number of amides is 1. The van der Waals surface area contributed by atoms with Crippen LogP contribution in [0.25, 0.3) is 0 Å². The number of pyridine rings is 1. The van der Waals surface area contributed by atoms with Gasteiger partial charge in [-0.3, -0.25) is 9.36 Å². The highest BCUT2D eigenvalue weighted by atomic mass is 35.5. The second-order valence-electron chi connectivity index (χ2n) is 7.58. The first kappa shape index (κ1) is 21.7. The van der Waals surface area contributed by atoms with Gasteiger partial charge in [-0.2, -0.15) is 18.3 Å². The van der Waals surface area contributed by atoms with Gasteiger partial charge in [0.15, 0.2) is 18.0 Å². The molecule has 2 aromatic heterocycles. The van der Waals surface area contributed by atoms with Crippen molar-refractivity contribution < 1.29 is 26.7 Å². The van der Waals surface area contributed by atoms with Gasteiger partial charge in [0.1, 0.15) is 11.9 Å². The molecule has 1 fully saturated rings. The molecule has 31 heavy (non-hydrogen) atoms. The van der Waals surface area contributed by atoms with Gasteiger partial charge in [-0.05, 0) is 24.5 Å². The predicted molar refractivity (Wildman–Crippen MR) is 98.2 cm³/mol. The van der Waals surface area contributed by atoms with Gasteiger partial charge in [-0.1, -0.05) is 11.6 Å². The van der Waals surface area contributed by atoms with Crippen LogP contribution in [-0.2, 0) is 23.9 Å².